The molecule has 29 heavy (non-hydrogen) atoms. The minimum atomic E-state index is -0.258. The van der Waals surface area contributed by atoms with Crippen molar-refractivity contribution in [2.45, 2.75) is 32.8 Å². The molecule has 4 rings (SSSR count). The smallest absolute Gasteiger partial charge is 0.251 e. The second-order valence-corrected chi connectivity index (χ2v) is 7.98. The summed E-state index contributed by atoms with van der Waals surface area (Å²) in [5.41, 5.74) is 3.89. The van der Waals surface area contributed by atoms with Crippen LogP contribution in [0.1, 0.15) is 34.6 Å². The highest BCUT2D eigenvalue weighted by Crippen LogP contribution is 2.22. The number of ketones is 1. The zero-order chi connectivity index (χ0) is 20.4. The number of para-hydroxylation sites is 1. The first-order chi connectivity index (χ1) is 14.0. The summed E-state index contributed by atoms with van der Waals surface area (Å²) in [5, 5.41) is 0. The van der Waals surface area contributed by atoms with Crippen molar-refractivity contribution >= 4 is 11.7 Å². The van der Waals surface area contributed by atoms with Gasteiger partial charge in [0.15, 0.2) is 5.78 Å². The van der Waals surface area contributed by atoms with E-state index in [0.717, 1.165) is 48.6 Å². The Bertz CT molecular complexity index is 876. The Morgan fingerprint density at radius 2 is 1.79 bits per heavy atom. The molecule has 2 saturated heterocycles. The van der Waals surface area contributed by atoms with Gasteiger partial charge in [0.2, 0.25) is 0 Å². The van der Waals surface area contributed by atoms with Crippen LogP contribution in [0.15, 0.2) is 36.4 Å². The molecule has 2 aromatic rings. The van der Waals surface area contributed by atoms with Crippen LogP contribution in [0.2, 0.25) is 0 Å². The number of rotatable bonds is 5. The minimum absolute atomic E-state index is 0.111. The van der Waals surface area contributed by atoms with Gasteiger partial charge < -0.3 is 14.2 Å². The Kier molecular flexibility index (Phi) is 5.83. The molecule has 6 nitrogen and oxygen atoms in total. The molecule has 1 unspecified atom stereocenters. The first-order valence-corrected chi connectivity index (χ1v) is 10.4. The monoisotopic (exact) mass is 395 g/mol. The third kappa shape index (κ3) is 4.14. The van der Waals surface area contributed by atoms with E-state index in [0.29, 0.717) is 26.2 Å². The van der Waals surface area contributed by atoms with Gasteiger partial charge in [-0.1, -0.05) is 18.2 Å². The highest BCUT2D eigenvalue weighted by atomic mass is 16.5. The number of carbonyl (C=O) groups is 2. The second-order valence-electron chi connectivity index (χ2n) is 7.98. The fourth-order valence-electron chi connectivity index (χ4n) is 4.41. The number of carbonyl (C=O) groups excluding carboxylic acids is 2. The Hall–Kier alpha value is -2.44. The molecule has 1 aromatic carbocycles. The molecule has 154 valence electrons. The minimum Gasteiger partial charge on any atom is -0.368 e. The molecule has 0 saturated carbocycles. The van der Waals surface area contributed by atoms with Gasteiger partial charge in [-0.3, -0.25) is 14.5 Å². The topological polar surface area (TPSA) is 54.8 Å². The molecule has 1 aromatic heterocycles. The van der Waals surface area contributed by atoms with Crippen LogP contribution in [0.25, 0.3) is 5.69 Å². The third-order valence-electron chi connectivity index (χ3n) is 6.00. The van der Waals surface area contributed by atoms with Crippen molar-refractivity contribution in [3.05, 3.63) is 53.3 Å². The van der Waals surface area contributed by atoms with Gasteiger partial charge in [0, 0.05) is 55.4 Å². The van der Waals surface area contributed by atoms with Crippen LogP contribution in [-0.2, 0) is 9.53 Å². The van der Waals surface area contributed by atoms with Gasteiger partial charge in [-0.05, 0) is 44.9 Å². The molecule has 2 aliphatic heterocycles. The summed E-state index contributed by atoms with van der Waals surface area (Å²) in [4.78, 5) is 29.5. The van der Waals surface area contributed by atoms with E-state index in [1.54, 1.807) is 0 Å². The number of piperazine rings is 1. The molecule has 0 N–H and O–H groups in total. The zero-order valence-electron chi connectivity index (χ0n) is 17.3. The van der Waals surface area contributed by atoms with E-state index in [2.05, 4.69) is 21.6 Å². The van der Waals surface area contributed by atoms with Crippen molar-refractivity contribution < 1.29 is 14.3 Å². The molecule has 1 atom stereocenters. The van der Waals surface area contributed by atoms with Gasteiger partial charge in [0.1, 0.15) is 6.10 Å². The molecule has 0 radical (unpaired) electrons. The Labute approximate surface area is 172 Å². The maximum Gasteiger partial charge on any atom is 0.251 e. The lowest BCUT2D eigenvalue weighted by Gasteiger charge is -2.35. The normalized spacial score (nSPS) is 20.2. The average molecular weight is 396 g/mol. The van der Waals surface area contributed by atoms with Crippen molar-refractivity contribution in [2.24, 2.45) is 0 Å². The van der Waals surface area contributed by atoms with Gasteiger partial charge in [0.25, 0.3) is 5.91 Å². The zero-order valence-corrected chi connectivity index (χ0v) is 17.3. The van der Waals surface area contributed by atoms with E-state index in [-0.39, 0.29) is 17.8 Å². The third-order valence-corrected chi connectivity index (χ3v) is 6.00. The van der Waals surface area contributed by atoms with Crippen LogP contribution >= 0.6 is 0 Å². The van der Waals surface area contributed by atoms with Crippen molar-refractivity contribution in [3.8, 4) is 5.69 Å². The number of hydrogen-bond donors (Lipinski definition) is 0. The largest absolute Gasteiger partial charge is 0.368 e. The number of Topliss-reactive ketones (excluding diaryl/α,β-unsaturated/α-hetero) is 1. The van der Waals surface area contributed by atoms with Gasteiger partial charge >= 0.3 is 0 Å². The molecule has 0 aliphatic carbocycles. The van der Waals surface area contributed by atoms with Crippen LogP contribution in [0.4, 0.5) is 0 Å². The molecule has 0 spiro atoms. The quantitative estimate of drug-likeness (QED) is 0.731. The van der Waals surface area contributed by atoms with Crippen LogP contribution in [0, 0.1) is 13.8 Å². The van der Waals surface area contributed by atoms with E-state index in [1.807, 2.05) is 43.0 Å². The highest BCUT2D eigenvalue weighted by molar-refractivity contribution is 5.99. The number of aromatic nitrogens is 1. The molecule has 2 fully saturated rings. The van der Waals surface area contributed by atoms with Gasteiger partial charge in [-0.15, -0.1) is 0 Å². The highest BCUT2D eigenvalue weighted by Gasteiger charge is 2.31. The molecule has 0 bridgehead atoms. The predicted molar refractivity (Wildman–Crippen MR) is 112 cm³/mol. The maximum atomic E-state index is 13.0. The molecular weight excluding hydrogens is 366 g/mol. The van der Waals surface area contributed by atoms with Gasteiger partial charge in [-0.25, -0.2) is 0 Å². The van der Waals surface area contributed by atoms with E-state index in [4.69, 9.17) is 4.74 Å². The van der Waals surface area contributed by atoms with Crippen LogP contribution in [-0.4, -0.2) is 71.5 Å². The summed E-state index contributed by atoms with van der Waals surface area (Å²) in [6, 6.07) is 12.1. The summed E-state index contributed by atoms with van der Waals surface area (Å²) in [5.74, 6) is 0.249. The van der Waals surface area contributed by atoms with Crippen molar-refractivity contribution in [2.75, 3.05) is 39.3 Å². The van der Waals surface area contributed by atoms with E-state index >= 15 is 0 Å². The summed E-state index contributed by atoms with van der Waals surface area (Å²) >= 11 is 0. The molecule has 6 heteroatoms. The Morgan fingerprint density at radius 3 is 2.45 bits per heavy atom. The lowest BCUT2D eigenvalue weighted by molar-refractivity contribution is -0.142. The number of benzene rings is 1. The van der Waals surface area contributed by atoms with Gasteiger partial charge in [0.05, 0.1) is 6.54 Å². The van der Waals surface area contributed by atoms with E-state index < -0.39 is 0 Å². The van der Waals surface area contributed by atoms with Gasteiger partial charge in [-0.2, -0.15) is 0 Å². The summed E-state index contributed by atoms with van der Waals surface area (Å²) in [7, 11) is 0. The number of nitrogens with zero attached hydrogens (tertiary/aromatic N) is 3. The maximum absolute atomic E-state index is 13.0. The van der Waals surface area contributed by atoms with Crippen LogP contribution < -0.4 is 0 Å². The molecule has 2 aliphatic rings. The van der Waals surface area contributed by atoms with Crippen molar-refractivity contribution in [1.82, 2.24) is 14.4 Å². The first-order valence-electron chi connectivity index (χ1n) is 10.4. The number of amides is 1. The fraction of sp³-hybridized carbons (Fsp3) is 0.478. The summed E-state index contributed by atoms with van der Waals surface area (Å²) < 4.78 is 7.65. The summed E-state index contributed by atoms with van der Waals surface area (Å²) in [6.07, 6.45) is 1.53. The summed E-state index contributed by atoms with van der Waals surface area (Å²) in [6.45, 7) is 7.89. The first kappa shape index (κ1) is 19.9. The van der Waals surface area contributed by atoms with Crippen LogP contribution in [0.5, 0.6) is 0 Å². The standard InChI is InChI=1S/C23H29N3O3/c1-17-15-20(18(2)26(17)19-7-4-3-5-8-19)21(27)16-24-10-12-25(13-11-24)23(28)22-9-6-14-29-22/h3-5,7-8,15,22H,6,9-14,16H2,1-2H3. The number of aryl methyl sites for hydroxylation is 1. The second kappa shape index (κ2) is 8.51. The molecular formula is C23H29N3O3. The molecule has 3 heterocycles. The Balaban J connectivity index is 1.38. The molecule has 1 amide bonds. The van der Waals surface area contributed by atoms with Crippen LogP contribution in [0.3, 0.4) is 0 Å². The number of ether oxygens (including phenoxy) is 1. The lowest BCUT2D eigenvalue weighted by Crippen LogP contribution is -2.52. The van der Waals surface area contributed by atoms with Crippen molar-refractivity contribution in [3.63, 3.8) is 0 Å². The van der Waals surface area contributed by atoms with Crippen molar-refractivity contribution in [1.29, 1.82) is 0 Å². The Morgan fingerprint density at radius 1 is 1.07 bits per heavy atom. The number of hydrogen-bond acceptors (Lipinski definition) is 4. The predicted octanol–water partition coefficient (Wildman–Crippen LogP) is 2.60. The average Bonchev–Trinajstić information content (AvgIpc) is 3.37. The lowest BCUT2D eigenvalue weighted by atomic mass is 10.1. The SMILES string of the molecule is Cc1cc(C(=O)CN2CCN(C(=O)C3CCCO3)CC2)c(C)n1-c1ccccc1. The van der Waals surface area contributed by atoms with E-state index in [9.17, 15) is 9.59 Å². The van der Waals surface area contributed by atoms with E-state index in [1.165, 1.54) is 0 Å². The fourth-order valence-corrected chi connectivity index (χ4v) is 4.41.